The Hall–Kier alpha value is -5.47. The van der Waals surface area contributed by atoms with E-state index < -0.39 is 36.6 Å². The largest absolute Gasteiger partial charge is 0.244 e. The van der Waals surface area contributed by atoms with E-state index in [0.717, 1.165) is 12.1 Å². The van der Waals surface area contributed by atoms with Gasteiger partial charge in [0.05, 0.1) is 24.5 Å². The van der Waals surface area contributed by atoms with Crippen LogP contribution < -0.4 is 0 Å². The molecule has 0 amide bonds. The lowest BCUT2D eigenvalue weighted by atomic mass is 10.3. The van der Waals surface area contributed by atoms with Crippen LogP contribution in [0.4, 0.5) is 26.3 Å². The number of fused-ring (bicyclic) bond motifs is 2. The lowest BCUT2D eigenvalue weighted by Crippen LogP contribution is -2.01. The highest BCUT2D eigenvalue weighted by Crippen LogP contribution is 2.17. The number of aryl methyl sites for hydroxylation is 2. The van der Waals surface area contributed by atoms with Crippen molar-refractivity contribution in [1.29, 1.82) is 0 Å². The minimum absolute atomic E-state index is 0. The maximum atomic E-state index is 13.5. The fraction of sp³-hybridized carbons (Fsp3) is 0.188. The first-order valence-electron chi connectivity index (χ1n) is 13.7. The van der Waals surface area contributed by atoms with E-state index in [0.29, 0.717) is 48.7 Å². The molecule has 0 aliphatic carbocycles. The monoisotopic (exact) mass is 668 g/mol. The predicted molar refractivity (Wildman–Crippen MR) is 163 cm³/mol. The van der Waals surface area contributed by atoms with Crippen molar-refractivity contribution in [2.75, 3.05) is 0 Å². The average Bonchev–Trinajstić information content (AvgIpc) is 3.70. The zero-order chi connectivity index (χ0) is 32.5. The van der Waals surface area contributed by atoms with Crippen LogP contribution in [-0.4, -0.2) is 40.0 Å². The van der Waals surface area contributed by atoms with E-state index >= 15 is 0 Å². The molecule has 6 aromatic rings. The molecule has 4 aromatic heterocycles. The number of aromatic nitrogens is 8. The summed E-state index contributed by atoms with van der Waals surface area (Å²) in [4.78, 5) is 10.6. The normalized spacial score (nSPS) is 10.3. The summed E-state index contributed by atoms with van der Waals surface area (Å²) >= 11 is 0. The Morgan fingerprint density at radius 3 is 1.38 bits per heavy atom. The number of rotatable bonds is 6. The molecule has 15 heteroatoms. The third-order valence-electron chi connectivity index (χ3n) is 6.17. The van der Waals surface area contributed by atoms with Crippen molar-refractivity contribution in [3.05, 3.63) is 107 Å². The van der Waals surface area contributed by atoms with E-state index in [1.165, 1.54) is 21.7 Å². The Kier molecular flexibility index (Phi) is 11.9. The van der Waals surface area contributed by atoms with Crippen molar-refractivity contribution in [2.45, 2.75) is 39.3 Å². The zero-order valence-corrected chi connectivity index (χ0v) is 25.1. The zero-order valence-electron chi connectivity index (χ0n) is 24.3. The maximum absolute atomic E-state index is 13.5. The molecule has 0 saturated heterocycles. The van der Waals surface area contributed by atoms with Gasteiger partial charge in [-0.3, -0.25) is 0 Å². The van der Waals surface area contributed by atoms with E-state index in [9.17, 15) is 26.3 Å². The molecule has 0 aliphatic rings. The first kappa shape index (κ1) is 34.4. The number of hydrogen-bond donors (Lipinski definition) is 0. The first-order valence-corrected chi connectivity index (χ1v) is 13.7. The van der Waals surface area contributed by atoms with Crippen molar-refractivity contribution >= 4 is 34.5 Å². The molecule has 47 heavy (non-hydrogen) atoms. The van der Waals surface area contributed by atoms with Crippen LogP contribution in [0.2, 0.25) is 0 Å². The molecule has 8 nitrogen and oxygen atoms in total. The molecule has 0 radical (unpaired) electrons. The van der Waals surface area contributed by atoms with E-state index in [4.69, 9.17) is 0 Å². The SMILES string of the molecule is Cl.FCc1cccc(C#CCCn2nc3ccc(F)c(F)c3n2)n1.FCc1cccc(C#CCCn2nc3ccc(F)c(F)c3n2)n1. The molecule has 0 N–H and O–H groups in total. The third kappa shape index (κ3) is 8.83. The van der Waals surface area contributed by atoms with E-state index in [-0.39, 0.29) is 34.5 Å². The van der Waals surface area contributed by atoms with Crippen LogP contribution in [0.3, 0.4) is 0 Å². The summed E-state index contributed by atoms with van der Waals surface area (Å²) in [7, 11) is 0. The minimum atomic E-state index is -1.01. The number of hydrogen-bond acceptors (Lipinski definition) is 6. The van der Waals surface area contributed by atoms with Gasteiger partial charge in [0.15, 0.2) is 34.3 Å². The van der Waals surface area contributed by atoms with Crippen molar-refractivity contribution in [2.24, 2.45) is 0 Å². The van der Waals surface area contributed by atoms with Gasteiger partial charge in [0.2, 0.25) is 0 Å². The van der Waals surface area contributed by atoms with Crippen molar-refractivity contribution in [1.82, 2.24) is 40.0 Å². The molecule has 6 rings (SSSR count). The van der Waals surface area contributed by atoms with Crippen LogP contribution in [0.25, 0.3) is 22.1 Å². The van der Waals surface area contributed by atoms with Gasteiger partial charge in [0, 0.05) is 12.8 Å². The highest BCUT2D eigenvalue weighted by molar-refractivity contribution is 5.85. The quantitative estimate of drug-likeness (QED) is 0.150. The highest BCUT2D eigenvalue weighted by atomic mass is 35.5. The summed E-state index contributed by atoms with van der Waals surface area (Å²) < 4.78 is 78.3. The fourth-order valence-electron chi connectivity index (χ4n) is 4.00. The molecule has 0 bridgehead atoms. The van der Waals surface area contributed by atoms with Gasteiger partial charge < -0.3 is 0 Å². The smallest absolute Gasteiger partial charge is 0.188 e. The van der Waals surface area contributed by atoms with Crippen LogP contribution in [0.5, 0.6) is 0 Å². The Balaban J connectivity index is 0.000000208. The summed E-state index contributed by atoms with van der Waals surface area (Å²) in [6.45, 7) is -0.625. The second kappa shape index (κ2) is 16.2. The summed E-state index contributed by atoms with van der Waals surface area (Å²) in [6.07, 6.45) is 0.791. The molecule has 4 heterocycles. The van der Waals surface area contributed by atoms with E-state index in [1.54, 1.807) is 36.4 Å². The third-order valence-corrected chi connectivity index (χ3v) is 6.17. The first-order chi connectivity index (χ1) is 22.3. The number of halogens is 7. The Morgan fingerprint density at radius 2 is 0.979 bits per heavy atom. The summed E-state index contributed by atoms with van der Waals surface area (Å²) in [6, 6.07) is 14.7. The fourth-order valence-corrected chi connectivity index (χ4v) is 4.00. The van der Waals surface area contributed by atoms with Crippen molar-refractivity contribution < 1.29 is 26.3 Å². The van der Waals surface area contributed by atoms with E-state index in [2.05, 4.69) is 54.0 Å². The number of alkyl halides is 2. The topological polar surface area (TPSA) is 87.2 Å². The van der Waals surface area contributed by atoms with Crippen LogP contribution in [0.15, 0.2) is 60.7 Å². The molecule has 0 aliphatic heterocycles. The molecule has 0 fully saturated rings. The Bertz CT molecular complexity index is 1980. The highest BCUT2D eigenvalue weighted by Gasteiger charge is 2.13. The average molecular weight is 669 g/mol. The standard InChI is InChI=1S/2C16H11F3N4.ClH/c2*17-10-12-6-3-5-11(20-12)4-1-2-9-23-21-14-8-7-13(18)15(19)16(14)22-23;/h2*3,5-8H,2,9-10H2;1H. The minimum Gasteiger partial charge on any atom is -0.244 e. The number of pyridine rings is 2. The van der Waals surface area contributed by atoms with Crippen LogP contribution in [0.1, 0.15) is 35.6 Å². The molecule has 2 aromatic carbocycles. The van der Waals surface area contributed by atoms with Gasteiger partial charge in [-0.1, -0.05) is 24.0 Å². The van der Waals surface area contributed by atoms with Gasteiger partial charge >= 0.3 is 0 Å². The van der Waals surface area contributed by atoms with Crippen LogP contribution >= 0.6 is 12.4 Å². The van der Waals surface area contributed by atoms with Crippen LogP contribution in [-0.2, 0) is 26.4 Å². The molecule has 0 atom stereocenters. The van der Waals surface area contributed by atoms with Gasteiger partial charge in [0.25, 0.3) is 0 Å². The van der Waals surface area contributed by atoms with Gasteiger partial charge in [-0.2, -0.15) is 30.0 Å². The van der Waals surface area contributed by atoms with Crippen LogP contribution in [0, 0.1) is 47.0 Å². The van der Waals surface area contributed by atoms with Gasteiger partial charge in [0.1, 0.15) is 35.8 Å². The molecular formula is C32H23ClF6N8. The summed E-state index contributed by atoms with van der Waals surface area (Å²) in [5, 5.41) is 15.9. The van der Waals surface area contributed by atoms with E-state index in [1.807, 2.05) is 0 Å². The molecule has 0 unspecified atom stereocenters. The van der Waals surface area contributed by atoms with Gasteiger partial charge in [-0.15, -0.1) is 12.4 Å². The van der Waals surface area contributed by atoms with Crippen molar-refractivity contribution in [3.63, 3.8) is 0 Å². The Labute approximate surface area is 270 Å². The Morgan fingerprint density at radius 1 is 0.553 bits per heavy atom. The molecule has 240 valence electrons. The summed E-state index contributed by atoms with van der Waals surface area (Å²) in [5.41, 5.74) is 1.98. The predicted octanol–water partition coefficient (Wildman–Crippen LogP) is 6.45. The number of nitrogens with zero attached hydrogens (tertiary/aromatic N) is 8. The summed E-state index contributed by atoms with van der Waals surface area (Å²) in [5.74, 6) is 7.44. The van der Waals surface area contributed by atoms with Gasteiger partial charge in [-0.25, -0.2) is 36.3 Å². The lowest BCUT2D eigenvalue weighted by Gasteiger charge is -1.94. The second-order valence-electron chi connectivity index (χ2n) is 9.45. The second-order valence-corrected chi connectivity index (χ2v) is 9.45. The maximum Gasteiger partial charge on any atom is 0.188 e. The molecular weight excluding hydrogens is 646 g/mol. The molecule has 0 spiro atoms. The number of benzene rings is 2. The van der Waals surface area contributed by atoms with Gasteiger partial charge in [-0.05, 0) is 60.4 Å². The molecule has 0 saturated carbocycles. The lowest BCUT2D eigenvalue weighted by molar-refractivity contribution is 0.475. The van der Waals surface area contributed by atoms with Crippen molar-refractivity contribution in [3.8, 4) is 23.7 Å².